The van der Waals surface area contributed by atoms with Gasteiger partial charge in [-0.15, -0.1) is 10.2 Å². The van der Waals surface area contributed by atoms with Crippen LogP contribution in [0.1, 0.15) is 23.1 Å². The Labute approximate surface area is 129 Å². The van der Waals surface area contributed by atoms with E-state index in [2.05, 4.69) is 14.9 Å². The Morgan fingerprint density at radius 2 is 2.23 bits per heavy atom. The van der Waals surface area contributed by atoms with Gasteiger partial charge in [-0.05, 0) is 23.9 Å². The molecule has 1 aromatic carbocycles. The van der Waals surface area contributed by atoms with Gasteiger partial charge < -0.3 is 10.6 Å². The maximum atomic E-state index is 11.5. The fourth-order valence-corrected chi connectivity index (χ4v) is 2.56. The molecule has 2 N–H and O–H groups in total. The van der Waals surface area contributed by atoms with Crippen LogP contribution in [-0.4, -0.2) is 32.9 Å². The lowest BCUT2D eigenvalue weighted by Gasteiger charge is -2.05. The van der Waals surface area contributed by atoms with Crippen LogP contribution >= 0.6 is 11.8 Å². The van der Waals surface area contributed by atoms with E-state index in [0.29, 0.717) is 22.3 Å². The zero-order valence-corrected chi connectivity index (χ0v) is 12.7. The van der Waals surface area contributed by atoms with Crippen LogP contribution in [0.2, 0.25) is 0 Å². The number of aryl methyl sites for hydroxylation is 1. The minimum atomic E-state index is -0.644. The fourth-order valence-electron chi connectivity index (χ4n) is 1.71. The van der Waals surface area contributed by atoms with Crippen LogP contribution in [0.25, 0.3) is 0 Å². The number of carbonyl (C=O) groups excluding carboxylic acids is 1. The highest BCUT2D eigenvalue weighted by Gasteiger charge is 2.21. The first-order chi connectivity index (χ1) is 10.5. The molecule has 9 nitrogen and oxygen atoms in total. The molecule has 2 rings (SSSR count). The van der Waals surface area contributed by atoms with E-state index < -0.39 is 10.9 Å². The van der Waals surface area contributed by atoms with Gasteiger partial charge in [0.15, 0.2) is 5.82 Å². The number of methoxy groups -OCH3 is 1. The number of nitrogen functional groups attached to an aromatic ring is 1. The highest BCUT2D eigenvalue weighted by molar-refractivity contribution is 7.99. The number of hydrogen-bond acceptors (Lipinski definition) is 8. The number of nitro benzene ring substituents is 1. The van der Waals surface area contributed by atoms with Crippen LogP contribution in [0.3, 0.4) is 0 Å². The second kappa shape index (κ2) is 6.43. The Morgan fingerprint density at radius 1 is 1.50 bits per heavy atom. The average Bonchev–Trinajstić information content (AvgIpc) is 2.87. The Balaban J connectivity index is 2.40. The van der Waals surface area contributed by atoms with Crippen LogP contribution in [0.15, 0.2) is 28.3 Å². The number of nitrogens with two attached hydrogens (primary N) is 1. The van der Waals surface area contributed by atoms with Crippen LogP contribution < -0.4 is 5.84 Å². The van der Waals surface area contributed by atoms with Gasteiger partial charge in [-0.3, -0.25) is 10.1 Å². The van der Waals surface area contributed by atoms with Gasteiger partial charge >= 0.3 is 5.97 Å². The number of carbonyl (C=O) groups is 1. The van der Waals surface area contributed by atoms with Crippen molar-refractivity contribution < 1.29 is 14.5 Å². The maximum absolute atomic E-state index is 11.5. The van der Waals surface area contributed by atoms with E-state index in [1.54, 1.807) is 0 Å². The molecule has 0 aliphatic rings. The smallest absolute Gasteiger partial charge is 0.338 e. The summed E-state index contributed by atoms with van der Waals surface area (Å²) >= 11 is 1.00. The van der Waals surface area contributed by atoms with Gasteiger partial charge in [-0.25, -0.2) is 9.47 Å². The topological polar surface area (TPSA) is 126 Å². The molecule has 1 aromatic heterocycles. The number of nitrogens with zero attached hydrogens (tertiary/aromatic N) is 4. The molecule has 10 heteroatoms. The number of ether oxygens (including phenoxy) is 1. The summed E-state index contributed by atoms with van der Waals surface area (Å²) in [5, 5.41) is 19.3. The van der Waals surface area contributed by atoms with Crippen molar-refractivity contribution >= 4 is 23.4 Å². The molecule has 0 aliphatic carbocycles. The highest BCUT2D eigenvalue weighted by Crippen LogP contribution is 2.34. The van der Waals surface area contributed by atoms with Crippen molar-refractivity contribution in [3.8, 4) is 0 Å². The molecule has 0 radical (unpaired) electrons. The summed E-state index contributed by atoms with van der Waals surface area (Å²) in [7, 11) is 1.21. The zero-order chi connectivity index (χ0) is 16.3. The number of hydrogen-bond donors (Lipinski definition) is 1. The van der Waals surface area contributed by atoms with E-state index in [1.165, 1.54) is 23.9 Å². The first-order valence-electron chi connectivity index (χ1n) is 6.21. The van der Waals surface area contributed by atoms with Crippen molar-refractivity contribution in [3.05, 3.63) is 39.7 Å². The zero-order valence-electron chi connectivity index (χ0n) is 11.8. The molecule has 116 valence electrons. The van der Waals surface area contributed by atoms with Crippen molar-refractivity contribution in [2.75, 3.05) is 13.0 Å². The van der Waals surface area contributed by atoms with E-state index in [1.807, 2.05) is 6.92 Å². The van der Waals surface area contributed by atoms with Crippen molar-refractivity contribution in [1.82, 2.24) is 14.9 Å². The summed E-state index contributed by atoms with van der Waals surface area (Å²) in [4.78, 5) is 22.4. The molecule has 0 spiro atoms. The molecule has 0 saturated heterocycles. The third-order valence-electron chi connectivity index (χ3n) is 2.83. The summed E-state index contributed by atoms with van der Waals surface area (Å²) in [6, 6.07) is 4.06. The third-order valence-corrected chi connectivity index (χ3v) is 3.86. The molecule has 0 saturated carbocycles. The SMILES string of the molecule is CCc1nnc(Sc2ccc(C(=O)OC)cc2[N+](=O)[O-])n1N. The number of aromatic nitrogens is 3. The normalized spacial score (nSPS) is 10.5. The summed E-state index contributed by atoms with van der Waals surface area (Å²) in [6.45, 7) is 1.87. The van der Waals surface area contributed by atoms with Crippen LogP contribution in [0.4, 0.5) is 5.69 Å². The van der Waals surface area contributed by atoms with E-state index >= 15 is 0 Å². The second-order valence-corrected chi connectivity index (χ2v) is 5.16. The maximum Gasteiger partial charge on any atom is 0.338 e. The third kappa shape index (κ3) is 3.01. The van der Waals surface area contributed by atoms with Gasteiger partial charge in [-0.1, -0.05) is 6.92 Å². The van der Waals surface area contributed by atoms with Gasteiger partial charge in [0, 0.05) is 12.5 Å². The Hall–Kier alpha value is -2.62. The van der Waals surface area contributed by atoms with Crippen molar-refractivity contribution in [2.45, 2.75) is 23.4 Å². The van der Waals surface area contributed by atoms with E-state index in [-0.39, 0.29) is 11.3 Å². The predicted molar refractivity (Wildman–Crippen MR) is 78.1 cm³/mol. The monoisotopic (exact) mass is 323 g/mol. The molecule has 1 heterocycles. The summed E-state index contributed by atoms with van der Waals surface area (Å²) in [5.41, 5.74) is -0.129. The fraction of sp³-hybridized carbons (Fsp3) is 0.250. The van der Waals surface area contributed by atoms with E-state index in [0.717, 1.165) is 17.8 Å². The Bertz CT molecular complexity index is 730. The Morgan fingerprint density at radius 3 is 2.77 bits per heavy atom. The molecule has 0 amide bonds. The van der Waals surface area contributed by atoms with Gasteiger partial charge in [0.2, 0.25) is 5.16 Å². The minimum absolute atomic E-state index is 0.0991. The lowest BCUT2D eigenvalue weighted by atomic mass is 10.2. The summed E-state index contributed by atoms with van der Waals surface area (Å²) < 4.78 is 5.83. The molecular formula is C12H13N5O4S. The molecule has 0 bridgehead atoms. The molecule has 0 atom stereocenters. The second-order valence-electron chi connectivity index (χ2n) is 4.16. The summed E-state index contributed by atoms with van der Waals surface area (Å²) in [6.07, 6.45) is 0.591. The number of esters is 1. The van der Waals surface area contributed by atoms with Gasteiger partial charge in [-0.2, -0.15) is 0 Å². The standard InChI is InChI=1S/C12H13N5O4S/c1-3-10-14-15-12(16(10)13)22-9-5-4-7(11(18)21-2)6-8(9)17(19)20/h4-6H,3,13H2,1-2H3. The van der Waals surface area contributed by atoms with Crippen molar-refractivity contribution in [3.63, 3.8) is 0 Å². The molecular weight excluding hydrogens is 310 g/mol. The summed E-state index contributed by atoms with van der Waals surface area (Å²) in [5.74, 6) is 5.74. The first kappa shape index (κ1) is 15.8. The van der Waals surface area contributed by atoms with Gasteiger partial charge in [0.1, 0.15) is 0 Å². The first-order valence-corrected chi connectivity index (χ1v) is 7.03. The lowest BCUT2D eigenvalue weighted by Crippen LogP contribution is -2.13. The van der Waals surface area contributed by atoms with Crippen LogP contribution in [0.5, 0.6) is 0 Å². The Kier molecular flexibility index (Phi) is 4.61. The lowest BCUT2D eigenvalue weighted by molar-refractivity contribution is -0.387. The number of benzene rings is 1. The number of nitro groups is 1. The highest BCUT2D eigenvalue weighted by atomic mass is 32.2. The largest absolute Gasteiger partial charge is 0.465 e. The van der Waals surface area contributed by atoms with Crippen LogP contribution in [0, 0.1) is 10.1 Å². The minimum Gasteiger partial charge on any atom is -0.465 e. The van der Waals surface area contributed by atoms with Gasteiger partial charge in [0.05, 0.1) is 22.5 Å². The molecule has 2 aromatic rings. The average molecular weight is 323 g/mol. The molecule has 0 aliphatic heterocycles. The quantitative estimate of drug-likeness (QED) is 0.378. The molecule has 0 fully saturated rings. The number of rotatable bonds is 5. The van der Waals surface area contributed by atoms with Crippen molar-refractivity contribution in [1.29, 1.82) is 0 Å². The van der Waals surface area contributed by atoms with Crippen LogP contribution in [-0.2, 0) is 11.2 Å². The van der Waals surface area contributed by atoms with Gasteiger partial charge in [0.25, 0.3) is 5.69 Å². The molecule has 22 heavy (non-hydrogen) atoms. The van der Waals surface area contributed by atoms with E-state index in [9.17, 15) is 14.9 Å². The predicted octanol–water partition coefficient (Wildman–Crippen LogP) is 1.40. The van der Waals surface area contributed by atoms with Crippen molar-refractivity contribution in [2.24, 2.45) is 0 Å². The van der Waals surface area contributed by atoms with E-state index in [4.69, 9.17) is 5.84 Å². The molecule has 0 unspecified atom stereocenters.